The predicted molar refractivity (Wildman–Crippen MR) is 72.9 cm³/mol. The fourth-order valence-corrected chi connectivity index (χ4v) is 2.91. The largest absolute Gasteiger partial charge is 0.381 e. The molecule has 4 nitrogen and oxygen atoms in total. The van der Waals surface area contributed by atoms with Crippen molar-refractivity contribution in [3.05, 3.63) is 0 Å². The van der Waals surface area contributed by atoms with E-state index in [2.05, 4.69) is 24.2 Å². The molecule has 0 bridgehead atoms. The Morgan fingerprint density at radius 1 is 1.22 bits per heavy atom. The number of likely N-dealkylation sites (N-methyl/N-ethyl adjacent to an activating group) is 1. The zero-order valence-electron chi connectivity index (χ0n) is 11.9. The first-order valence-corrected chi connectivity index (χ1v) is 7.40. The molecule has 2 rings (SSSR count). The number of rotatable bonds is 7. The Balaban J connectivity index is 1.82. The number of nitrogens with zero attached hydrogens (tertiary/aromatic N) is 1. The lowest BCUT2D eigenvalue weighted by atomic mass is 9.98. The molecule has 0 aromatic carbocycles. The molecule has 0 radical (unpaired) electrons. The highest BCUT2D eigenvalue weighted by molar-refractivity contribution is 4.84. The molecule has 106 valence electrons. The van der Waals surface area contributed by atoms with Crippen LogP contribution in [0.2, 0.25) is 0 Å². The lowest BCUT2D eigenvalue weighted by Crippen LogP contribution is -2.48. The third-order valence-corrected chi connectivity index (χ3v) is 4.20. The molecule has 2 fully saturated rings. The van der Waals surface area contributed by atoms with Gasteiger partial charge in [0.25, 0.3) is 0 Å². The van der Waals surface area contributed by atoms with E-state index in [0.717, 1.165) is 39.5 Å². The van der Waals surface area contributed by atoms with Crippen LogP contribution in [0.5, 0.6) is 0 Å². The second-order valence-electron chi connectivity index (χ2n) is 5.64. The van der Waals surface area contributed by atoms with E-state index in [9.17, 15) is 0 Å². The van der Waals surface area contributed by atoms with Crippen LogP contribution in [-0.2, 0) is 9.47 Å². The van der Waals surface area contributed by atoms with Crippen molar-refractivity contribution in [2.45, 2.75) is 38.3 Å². The van der Waals surface area contributed by atoms with Crippen LogP contribution >= 0.6 is 0 Å². The van der Waals surface area contributed by atoms with Crippen molar-refractivity contribution in [3.8, 4) is 0 Å². The predicted octanol–water partition coefficient (Wildman–Crippen LogP) is 1.11. The van der Waals surface area contributed by atoms with Gasteiger partial charge in [-0.05, 0) is 32.9 Å². The van der Waals surface area contributed by atoms with Gasteiger partial charge in [-0.25, -0.2) is 0 Å². The number of hydrogen-bond acceptors (Lipinski definition) is 4. The van der Waals surface area contributed by atoms with Gasteiger partial charge in [0.1, 0.15) is 0 Å². The summed E-state index contributed by atoms with van der Waals surface area (Å²) < 4.78 is 11.0. The molecule has 0 aromatic heterocycles. The van der Waals surface area contributed by atoms with Gasteiger partial charge in [0, 0.05) is 37.8 Å². The zero-order valence-corrected chi connectivity index (χ0v) is 11.9. The summed E-state index contributed by atoms with van der Waals surface area (Å²) in [6.45, 7) is 8.14. The summed E-state index contributed by atoms with van der Waals surface area (Å²) in [7, 11) is 2.23. The number of ether oxygens (including phenoxy) is 2. The van der Waals surface area contributed by atoms with Crippen molar-refractivity contribution >= 4 is 0 Å². The maximum absolute atomic E-state index is 5.54. The summed E-state index contributed by atoms with van der Waals surface area (Å²) in [5.41, 5.74) is 0. The smallest absolute Gasteiger partial charge is 0.0622 e. The van der Waals surface area contributed by atoms with Gasteiger partial charge in [-0.1, -0.05) is 6.92 Å². The molecule has 1 N–H and O–H groups in total. The molecule has 0 amide bonds. The Morgan fingerprint density at radius 2 is 2.00 bits per heavy atom. The number of hydrogen-bond donors (Lipinski definition) is 1. The number of nitrogens with one attached hydrogen (secondary N) is 1. The minimum absolute atomic E-state index is 0.568. The Hall–Kier alpha value is -0.160. The Morgan fingerprint density at radius 3 is 2.61 bits per heavy atom. The molecule has 3 unspecified atom stereocenters. The lowest BCUT2D eigenvalue weighted by molar-refractivity contribution is 0.136. The fourth-order valence-electron chi connectivity index (χ4n) is 2.91. The Labute approximate surface area is 111 Å². The standard InChI is InChI=1S/C14H28N2O2/c1-3-6-15-14(12-4-7-17-10-12)9-16(2)13-5-8-18-11-13/h12-15H,3-11H2,1-2H3. The molecule has 0 aliphatic carbocycles. The molecule has 4 heteroatoms. The average Bonchev–Trinajstić information content (AvgIpc) is 3.04. The van der Waals surface area contributed by atoms with Gasteiger partial charge in [0.2, 0.25) is 0 Å². The van der Waals surface area contributed by atoms with E-state index in [0.29, 0.717) is 18.0 Å². The highest BCUT2D eigenvalue weighted by atomic mass is 16.5. The summed E-state index contributed by atoms with van der Waals surface area (Å²) in [6, 6.07) is 1.18. The quantitative estimate of drug-likeness (QED) is 0.740. The first kappa shape index (κ1) is 14.3. The summed E-state index contributed by atoms with van der Waals surface area (Å²) in [5, 5.41) is 3.70. The maximum Gasteiger partial charge on any atom is 0.0622 e. The molecule has 0 saturated carbocycles. The monoisotopic (exact) mass is 256 g/mol. The minimum atomic E-state index is 0.568. The molecule has 18 heavy (non-hydrogen) atoms. The van der Waals surface area contributed by atoms with E-state index >= 15 is 0 Å². The second-order valence-corrected chi connectivity index (χ2v) is 5.64. The molecule has 2 aliphatic heterocycles. The van der Waals surface area contributed by atoms with Crippen LogP contribution in [-0.4, -0.2) is 63.5 Å². The third kappa shape index (κ3) is 3.92. The van der Waals surface area contributed by atoms with E-state index < -0.39 is 0 Å². The van der Waals surface area contributed by atoms with Crippen LogP contribution in [0.1, 0.15) is 26.2 Å². The highest BCUT2D eigenvalue weighted by Crippen LogP contribution is 2.19. The van der Waals surface area contributed by atoms with Gasteiger partial charge >= 0.3 is 0 Å². The molecule has 2 heterocycles. The summed E-state index contributed by atoms with van der Waals surface area (Å²) in [6.07, 6.45) is 3.58. The Kier molecular flexibility index (Phi) is 5.89. The van der Waals surface area contributed by atoms with Crippen LogP contribution in [0.3, 0.4) is 0 Å². The van der Waals surface area contributed by atoms with E-state index in [1.807, 2.05) is 0 Å². The van der Waals surface area contributed by atoms with Crippen molar-refractivity contribution < 1.29 is 9.47 Å². The van der Waals surface area contributed by atoms with Crippen molar-refractivity contribution in [1.82, 2.24) is 10.2 Å². The third-order valence-electron chi connectivity index (χ3n) is 4.20. The summed E-state index contributed by atoms with van der Waals surface area (Å²) >= 11 is 0. The molecule has 0 aromatic rings. The fraction of sp³-hybridized carbons (Fsp3) is 1.00. The van der Waals surface area contributed by atoms with Gasteiger partial charge in [0.05, 0.1) is 13.2 Å². The van der Waals surface area contributed by atoms with Crippen molar-refractivity contribution in [1.29, 1.82) is 0 Å². The Bertz CT molecular complexity index is 226. The van der Waals surface area contributed by atoms with Gasteiger partial charge < -0.3 is 14.8 Å². The first-order chi connectivity index (χ1) is 8.81. The first-order valence-electron chi connectivity index (χ1n) is 7.40. The van der Waals surface area contributed by atoms with Crippen LogP contribution in [0.4, 0.5) is 0 Å². The normalized spacial score (nSPS) is 30.2. The summed E-state index contributed by atoms with van der Waals surface area (Å²) in [5.74, 6) is 0.682. The average molecular weight is 256 g/mol. The van der Waals surface area contributed by atoms with Gasteiger partial charge in [0.15, 0.2) is 0 Å². The zero-order chi connectivity index (χ0) is 12.8. The van der Waals surface area contributed by atoms with Crippen molar-refractivity contribution in [2.24, 2.45) is 5.92 Å². The van der Waals surface area contributed by atoms with Crippen molar-refractivity contribution in [3.63, 3.8) is 0 Å². The lowest BCUT2D eigenvalue weighted by Gasteiger charge is -2.31. The van der Waals surface area contributed by atoms with Gasteiger partial charge in [-0.2, -0.15) is 0 Å². The topological polar surface area (TPSA) is 33.7 Å². The SMILES string of the molecule is CCCNC(CN(C)C1CCOC1)C1CCOC1. The minimum Gasteiger partial charge on any atom is -0.381 e. The van der Waals surface area contributed by atoms with E-state index in [-0.39, 0.29) is 0 Å². The molecule has 2 saturated heterocycles. The molecular formula is C14H28N2O2. The van der Waals surface area contributed by atoms with E-state index in [1.165, 1.54) is 19.3 Å². The van der Waals surface area contributed by atoms with Gasteiger partial charge in [-0.3, -0.25) is 4.90 Å². The van der Waals surface area contributed by atoms with Gasteiger partial charge in [-0.15, -0.1) is 0 Å². The van der Waals surface area contributed by atoms with Crippen LogP contribution in [0, 0.1) is 5.92 Å². The summed E-state index contributed by atoms with van der Waals surface area (Å²) in [4.78, 5) is 2.47. The maximum atomic E-state index is 5.54. The molecule has 2 aliphatic rings. The van der Waals surface area contributed by atoms with Crippen molar-refractivity contribution in [2.75, 3.05) is 46.6 Å². The van der Waals surface area contributed by atoms with Crippen LogP contribution in [0.15, 0.2) is 0 Å². The van der Waals surface area contributed by atoms with Crippen LogP contribution in [0.25, 0.3) is 0 Å². The molecular weight excluding hydrogens is 228 g/mol. The molecule has 0 spiro atoms. The molecule has 3 atom stereocenters. The highest BCUT2D eigenvalue weighted by Gasteiger charge is 2.29. The second kappa shape index (κ2) is 7.43. The van der Waals surface area contributed by atoms with E-state index in [4.69, 9.17) is 9.47 Å². The van der Waals surface area contributed by atoms with E-state index in [1.54, 1.807) is 0 Å². The van der Waals surface area contributed by atoms with Crippen LogP contribution < -0.4 is 5.32 Å².